The molecule has 2 N–H and O–H groups in total. The van der Waals surface area contributed by atoms with Crippen LogP contribution in [0.4, 0.5) is 0 Å². The third kappa shape index (κ3) is 3.54. The molecule has 168 valence electrons. The van der Waals surface area contributed by atoms with E-state index in [0.29, 0.717) is 17.9 Å². The topological polar surface area (TPSA) is 58.9 Å². The summed E-state index contributed by atoms with van der Waals surface area (Å²) in [5.41, 5.74) is 7.15. The van der Waals surface area contributed by atoms with Crippen LogP contribution in [0, 0.1) is 27.7 Å². The zero-order chi connectivity index (χ0) is 22.9. The molecule has 31 heavy (non-hydrogen) atoms. The quantitative estimate of drug-likeness (QED) is 0.609. The van der Waals surface area contributed by atoms with Gasteiger partial charge >= 0.3 is 0 Å². The van der Waals surface area contributed by atoms with E-state index in [1.165, 1.54) is 0 Å². The van der Waals surface area contributed by atoms with Crippen molar-refractivity contribution in [1.29, 1.82) is 0 Å². The molecule has 0 spiro atoms. The first-order valence-electron chi connectivity index (χ1n) is 11.4. The molecule has 2 aliphatic heterocycles. The third-order valence-electron chi connectivity index (χ3n) is 7.43. The number of fused-ring (bicyclic) bond motifs is 2. The fourth-order valence-corrected chi connectivity index (χ4v) is 5.03. The lowest BCUT2D eigenvalue weighted by molar-refractivity contribution is 0.0829. The van der Waals surface area contributed by atoms with Crippen molar-refractivity contribution in [2.24, 2.45) is 0 Å². The summed E-state index contributed by atoms with van der Waals surface area (Å²) in [6.07, 6.45) is 3.96. The molecule has 2 aromatic rings. The number of phenolic OH excluding ortho intramolecular Hbond substituents is 2. The van der Waals surface area contributed by atoms with Crippen LogP contribution < -0.4 is 9.47 Å². The van der Waals surface area contributed by atoms with E-state index in [9.17, 15) is 10.2 Å². The molecule has 2 aromatic carbocycles. The van der Waals surface area contributed by atoms with Gasteiger partial charge in [-0.05, 0) is 103 Å². The summed E-state index contributed by atoms with van der Waals surface area (Å²) >= 11 is 0. The Labute approximate surface area is 186 Å². The third-order valence-corrected chi connectivity index (χ3v) is 7.43. The Morgan fingerprint density at radius 3 is 1.35 bits per heavy atom. The molecular formula is C27H36O4. The standard InChI is InChI=1S/C27H36O4/c1-14-16(3)24-18(9-11-26(5,6)30-24)20(22(14)28)13-21-19-10-12-27(7,8)31-25(19)17(4)15(2)23(21)29/h28-29H,9-13H2,1-8H3. The van der Waals surface area contributed by atoms with Crippen LogP contribution in [0.25, 0.3) is 0 Å². The summed E-state index contributed by atoms with van der Waals surface area (Å²) in [6.45, 7) is 16.4. The molecule has 0 bridgehead atoms. The van der Waals surface area contributed by atoms with E-state index in [0.717, 1.165) is 81.7 Å². The number of hydrogen-bond acceptors (Lipinski definition) is 4. The normalized spacial score (nSPS) is 18.6. The molecule has 4 nitrogen and oxygen atoms in total. The molecule has 4 heteroatoms. The van der Waals surface area contributed by atoms with E-state index in [1.807, 2.05) is 27.7 Å². The van der Waals surface area contributed by atoms with Crippen molar-refractivity contribution in [3.63, 3.8) is 0 Å². The Hall–Kier alpha value is -2.36. The monoisotopic (exact) mass is 424 g/mol. The second kappa shape index (κ2) is 7.08. The largest absolute Gasteiger partial charge is 0.507 e. The predicted molar refractivity (Wildman–Crippen MR) is 124 cm³/mol. The van der Waals surface area contributed by atoms with Crippen molar-refractivity contribution in [2.75, 3.05) is 0 Å². The zero-order valence-corrected chi connectivity index (χ0v) is 20.2. The van der Waals surface area contributed by atoms with Gasteiger partial charge in [-0.2, -0.15) is 0 Å². The lowest BCUT2D eigenvalue weighted by atomic mass is 9.82. The molecule has 0 saturated carbocycles. The molecule has 0 aliphatic carbocycles. The van der Waals surface area contributed by atoms with Crippen LogP contribution in [-0.2, 0) is 19.3 Å². The van der Waals surface area contributed by atoms with Gasteiger partial charge in [0.05, 0.1) is 0 Å². The highest BCUT2D eigenvalue weighted by atomic mass is 16.5. The van der Waals surface area contributed by atoms with Gasteiger partial charge in [0.2, 0.25) is 0 Å². The minimum atomic E-state index is -0.223. The molecule has 4 rings (SSSR count). The molecule has 0 radical (unpaired) electrons. The van der Waals surface area contributed by atoms with Gasteiger partial charge < -0.3 is 19.7 Å². The molecule has 0 atom stereocenters. The minimum Gasteiger partial charge on any atom is -0.507 e. The Kier molecular flexibility index (Phi) is 4.99. The molecule has 0 aromatic heterocycles. The van der Waals surface area contributed by atoms with Crippen LogP contribution in [0.15, 0.2) is 0 Å². The summed E-state index contributed by atoms with van der Waals surface area (Å²) in [4.78, 5) is 0. The second-order valence-electron chi connectivity index (χ2n) is 10.7. The number of benzene rings is 2. The highest BCUT2D eigenvalue weighted by Crippen LogP contribution is 2.48. The zero-order valence-electron chi connectivity index (χ0n) is 20.2. The first-order chi connectivity index (χ1) is 14.3. The van der Waals surface area contributed by atoms with E-state index in [4.69, 9.17) is 9.47 Å². The molecule has 0 fully saturated rings. The Morgan fingerprint density at radius 2 is 1.00 bits per heavy atom. The summed E-state index contributed by atoms with van der Waals surface area (Å²) in [6, 6.07) is 0. The lowest BCUT2D eigenvalue weighted by Gasteiger charge is -2.37. The van der Waals surface area contributed by atoms with Crippen molar-refractivity contribution in [2.45, 2.75) is 98.7 Å². The van der Waals surface area contributed by atoms with Gasteiger partial charge in [0.15, 0.2) is 0 Å². The van der Waals surface area contributed by atoms with Crippen LogP contribution in [0.2, 0.25) is 0 Å². The second-order valence-corrected chi connectivity index (χ2v) is 10.7. The Morgan fingerprint density at radius 1 is 0.645 bits per heavy atom. The van der Waals surface area contributed by atoms with Crippen LogP contribution >= 0.6 is 0 Å². The number of phenols is 2. The highest BCUT2D eigenvalue weighted by molar-refractivity contribution is 5.64. The maximum atomic E-state index is 11.2. The van der Waals surface area contributed by atoms with Gasteiger partial charge in [0.1, 0.15) is 34.2 Å². The highest BCUT2D eigenvalue weighted by Gasteiger charge is 2.35. The summed E-state index contributed by atoms with van der Waals surface area (Å²) in [5.74, 6) is 2.44. The SMILES string of the molecule is Cc1c(C)c2c(c(Cc3c(O)c(C)c(C)c4c3CCC(C)(C)O4)c1O)CCC(C)(C)O2. The minimum absolute atomic E-state index is 0.223. The van der Waals surface area contributed by atoms with Gasteiger partial charge in [-0.1, -0.05) is 0 Å². The van der Waals surface area contributed by atoms with E-state index >= 15 is 0 Å². The van der Waals surface area contributed by atoms with Crippen LogP contribution in [-0.4, -0.2) is 21.4 Å². The van der Waals surface area contributed by atoms with Crippen molar-refractivity contribution in [1.82, 2.24) is 0 Å². The summed E-state index contributed by atoms with van der Waals surface area (Å²) < 4.78 is 12.8. The first kappa shape index (κ1) is 21.9. The number of ether oxygens (including phenoxy) is 2. The van der Waals surface area contributed by atoms with Gasteiger partial charge in [0.25, 0.3) is 0 Å². The van der Waals surface area contributed by atoms with E-state index in [-0.39, 0.29) is 11.2 Å². The molecule has 2 aliphatic rings. The van der Waals surface area contributed by atoms with Gasteiger partial charge in [-0.25, -0.2) is 0 Å². The van der Waals surface area contributed by atoms with Crippen molar-refractivity contribution < 1.29 is 19.7 Å². The number of hydrogen-bond donors (Lipinski definition) is 2. The number of aromatic hydroxyl groups is 2. The van der Waals surface area contributed by atoms with Crippen LogP contribution in [0.5, 0.6) is 23.0 Å². The molecule has 0 saturated heterocycles. The predicted octanol–water partition coefficient (Wildman–Crippen LogP) is 6.13. The van der Waals surface area contributed by atoms with E-state index < -0.39 is 0 Å². The van der Waals surface area contributed by atoms with E-state index in [2.05, 4.69) is 27.7 Å². The van der Waals surface area contributed by atoms with Crippen LogP contribution in [0.1, 0.15) is 85.0 Å². The summed E-state index contributed by atoms with van der Waals surface area (Å²) in [5, 5.41) is 22.3. The van der Waals surface area contributed by atoms with Crippen molar-refractivity contribution >= 4 is 0 Å². The van der Waals surface area contributed by atoms with E-state index in [1.54, 1.807) is 0 Å². The van der Waals surface area contributed by atoms with Crippen molar-refractivity contribution in [3.8, 4) is 23.0 Å². The Bertz CT molecular complexity index is 991. The van der Waals surface area contributed by atoms with Gasteiger partial charge in [-0.3, -0.25) is 0 Å². The van der Waals surface area contributed by atoms with Gasteiger partial charge in [-0.15, -0.1) is 0 Å². The maximum Gasteiger partial charge on any atom is 0.127 e. The van der Waals surface area contributed by atoms with Gasteiger partial charge in [0, 0.05) is 28.7 Å². The molecule has 0 unspecified atom stereocenters. The van der Waals surface area contributed by atoms with Crippen LogP contribution in [0.3, 0.4) is 0 Å². The molecular weight excluding hydrogens is 388 g/mol. The summed E-state index contributed by atoms with van der Waals surface area (Å²) in [7, 11) is 0. The number of rotatable bonds is 2. The maximum absolute atomic E-state index is 11.2. The first-order valence-corrected chi connectivity index (χ1v) is 11.4. The van der Waals surface area contributed by atoms with Crippen molar-refractivity contribution in [3.05, 3.63) is 44.5 Å². The fraction of sp³-hybridized carbons (Fsp3) is 0.556. The fourth-order valence-electron chi connectivity index (χ4n) is 5.03. The Balaban J connectivity index is 1.90. The average molecular weight is 425 g/mol. The smallest absolute Gasteiger partial charge is 0.127 e. The molecule has 0 amide bonds. The lowest BCUT2D eigenvalue weighted by Crippen LogP contribution is -2.34. The average Bonchev–Trinajstić information content (AvgIpc) is 2.69. The molecule has 2 heterocycles.